The molecule has 1 heterocycles. The number of hydrogen-bond acceptors (Lipinski definition) is 5. The monoisotopic (exact) mass is 369 g/mol. The Morgan fingerprint density at radius 3 is 2.41 bits per heavy atom. The zero-order valence-electron chi connectivity index (χ0n) is 15.5. The normalized spacial score (nSPS) is 14.7. The van der Waals surface area contributed by atoms with Crippen LogP contribution in [0.15, 0.2) is 54.6 Å². The summed E-state index contributed by atoms with van der Waals surface area (Å²) in [6.45, 7) is 6.17. The summed E-state index contributed by atoms with van der Waals surface area (Å²) < 4.78 is 11.1. The molecule has 2 N–H and O–H groups in total. The topological polar surface area (TPSA) is 62.8 Å². The second-order valence-electron chi connectivity index (χ2n) is 6.44. The summed E-state index contributed by atoms with van der Waals surface area (Å²) in [5.41, 5.74) is 0.772. The summed E-state index contributed by atoms with van der Waals surface area (Å²) in [7, 11) is 0. The number of hydrogen-bond donors (Lipinski definition) is 2. The summed E-state index contributed by atoms with van der Waals surface area (Å²) in [6.07, 6.45) is 0.450. The second kappa shape index (κ2) is 10.7. The van der Waals surface area contributed by atoms with Crippen molar-refractivity contribution in [1.82, 2.24) is 10.2 Å². The van der Waals surface area contributed by atoms with Gasteiger partial charge in [-0.15, -0.1) is 0 Å². The quantitative estimate of drug-likeness (QED) is 0.666. The fourth-order valence-corrected chi connectivity index (χ4v) is 2.84. The van der Waals surface area contributed by atoms with Crippen molar-refractivity contribution in [2.24, 2.45) is 0 Å². The van der Waals surface area contributed by atoms with Crippen LogP contribution < -0.4 is 15.4 Å². The predicted octanol–water partition coefficient (Wildman–Crippen LogP) is 2.73. The highest BCUT2D eigenvalue weighted by atomic mass is 16.5. The van der Waals surface area contributed by atoms with E-state index in [1.807, 2.05) is 54.6 Å². The lowest BCUT2D eigenvalue weighted by Crippen LogP contribution is -2.40. The lowest BCUT2D eigenvalue weighted by atomic mass is 10.3. The van der Waals surface area contributed by atoms with Crippen molar-refractivity contribution in [3.05, 3.63) is 54.6 Å². The first-order chi connectivity index (χ1) is 13.3. The molecular weight excluding hydrogens is 342 g/mol. The zero-order chi connectivity index (χ0) is 18.7. The number of nitrogens with one attached hydrogen (secondary N) is 2. The first kappa shape index (κ1) is 19.4. The molecule has 1 amide bonds. The molecule has 0 aromatic heterocycles. The minimum atomic E-state index is 0.00519. The lowest BCUT2D eigenvalue weighted by molar-refractivity contribution is -0.116. The van der Waals surface area contributed by atoms with E-state index in [0.717, 1.165) is 56.6 Å². The third kappa shape index (κ3) is 7.02. The standard InChI is InChI=1S/C21H27N3O3/c25-21(10-11-22-12-13-24-14-16-26-17-15-24)23-18-6-8-20(9-7-18)27-19-4-2-1-3-5-19/h1-9,22H,10-17H2,(H,23,25). The number of carbonyl (C=O) groups excluding carboxylic acids is 1. The third-order valence-corrected chi connectivity index (χ3v) is 4.35. The van der Waals surface area contributed by atoms with E-state index >= 15 is 0 Å². The van der Waals surface area contributed by atoms with Crippen LogP contribution >= 0.6 is 0 Å². The van der Waals surface area contributed by atoms with Crippen LogP contribution in [0.2, 0.25) is 0 Å². The van der Waals surface area contributed by atoms with Gasteiger partial charge in [-0.3, -0.25) is 9.69 Å². The number of morpholine rings is 1. The van der Waals surface area contributed by atoms with E-state index in [0.29, 0.717) is 13.0 Å². The first-order valence-electron chi connectivity index (χ1n) is 9.43. The average molecular weight is 369 g/mol. The van der Waals surface area contributed by atoms with Crippen molar-refractivity contribution in [2.45, 2.75) is 6.42 Å². The maximum atomic E-state index is 12.0. The van der Waals surface area contributed by atoms with Crippen molar-refractivity contribution < 1.29 is 14.3 Å². The van der Waals surface area contributed by atoms with E-state index in [1.54, 1.807) is 0 Å². The molecule has 3 rings (SSSR count). The Morgan fingerprint density at radius 1 is 0.963 bits per heavy atom. The SMILES string of the molecule is O=C(CCNCCN1CCOCC1)Nc1ccc(Oc2ccccc2)cc1. The third-order valence-electron chi connectivity index (χ3n) is 4.35. The van der Waals surface area contributed by atoms with Crippen LogP contribution in [-0.2, 0) is 9.53 Å². The van der Waals surface area contributed by atoms with Gasteiger partial charge in [0.25, 0.3) is 0 Å². The van der Waals surface area contributed by atoms with Crippen LogP contribution in [0, 0.1) is 0 Å². The number of amides is 1. The van der Waals surface area contributed by atoms with Gasteiger partial charge in [-0.1, -0.05) is 18.2 Å². The Hall–Kier alpha value is -2.41. The van der Waals surface area contributed by atoms with E-state index in [2.05, 4.69) is 15.5 Å². The maximum absolute atomic E-state index is 12.0. The number of ether oxygens (including phenoxy) is 2. The van der Waals surface area contributed by atoms with Gasteiger partial charge in [0, 0.05) is 44.8 Å². The van der Waals surface area contributed by atoms with Gasteiger partial charge in [-0.05, 0) is 36.4 Å². The van der Waals surface area contributed by atoms with Gasteiger partial charge in [0.05, 0.1) is 13.2 Å². The highest BCUT2D eigenvalue weighted by molar-refractivity contribution is 5.90. The van der Waals surface area contributed by atoms with Crippen LogP contribution in [0.4, 0.5) is 5.69 Å². The first-order valence-corrected chi connectivity index (χ1v) is 9.43. The molecule has 0 aliphatic carbocycles. The Labute approximate surface area is 160 Å². The van der Waals surface area contributed by atoms with Crippen molar-refractivity contribution in [3.63, 3.8) is 0 Å². The summed E-state index contributed by atoms with van der Waals surface area (Å²) in [6, 6.07) is 17.0. The highest BCUT2D eigenvalue weighted by Gasteiger charge is 2.09. The van der Waals surface area contributed by atoms with Gasteiger partial charge in [-0.25, -0.2) is 0 Å². The molecule has 0 saturated carbocycles. The molecule has 0 radical (unpaired) electrons. The van der Waals surface area contributed by atoms with Crippen LogP contribution in [0.1, 0.15) is 6.42 Å². The number of anilines is 1. The minimum Gasteiger partial charge on any atom is -0.457 e. The molecule has 1 aliphatic heterocycles. The van der Waals surface area contributed by atoms with Crippen molar-refractivity contribution in [3.8, 4) is 11.5 Å². The van der Waals surface area contributed by atoms with E-state index < -0.39 is 0 Å². The predicted molar refractivity (Wildman–Crippen MR) is 106 cm³/mol. The molecule has 6 heteroatoms. The van der Waals surface area contributed by atoms with E-state index in [9.17, 15) is 4.79 Å². The van der Waals surface area contributed by atoms with Crippen molar-refractivity contribution in [2.75, 3.05) is 51.3 Å². The number of rotatable bonds is 9. The fraction of sp³-hybridized carbons (Fsp3) is 0.381. The molecule has 1 saturated heterocycles. The fourth-order valence-electron chi connectivity index (χ4n) is 2.84. The molecule has 1 fully saturated rings. The van der Waals surface area contributed by atoms with Gasteiger partial charge >= 0.3 is 0 Å². The van der Waals surface area contributed by atoms with Gasteiger partial charge < -0.3 is 20.1 Å². The molecule has 0 spiro atoms. The smallest absolute Gasteiger partial charge is 0.225 e. The highest BCUT2D eigenvalue weighted by Crippen LogP contribution is 2.22. The number of benzene rings is 2. The van der Waals surface area contributed by atoms with E-state index in [-0.39, 0.29) is 5.91 Å². The van der Waals surface area contributed by atoms with Crippen LogP contribution in [0.3, 0.4) is 0 Å². The maximum Gasteiger partial charge on any atom is 0.225 e. The van der Waals surface area contributed by atoms with Gasteiger partial charge in [0.2, 0.25) is 5.91 Å². The Bertz CT molecular complexity index is 686. The van der Waals surface area contributed by atoms with Crippen LogP contribution in [0.25, 0.3) is 0 Å². The minimum absolute atomic E-state index is 0.00519. The van der Waals surface area contributed by atoms with Gasteiger partial charge in [-0.2, -0.15) is 0 Å². The van der Waals surface area contributed by atoms with Crippen LogP contribution in [0.5, 0.6) is 11.5 Å². The van der Waals surface area contributed by atoms with E-state index in [4.69, 9.17) is 9.47 Å². The van der Waals surface area contributed by atoms with E-state index in [1.165, 1.54) is 0 Å². The molecule has 0 atom stereocenters. The number of nitrogens with zero attached hydrogens (tertiary/aromatic N) is 1. The van der Waals surface area contributed by atoms with Crippen molar-refractivity contribution >= 4 is 11.6 Å². The second-order valence-corrected chi connectivity index (χ2v) is 6.44. The molecule has 27 heavy (non-hydrogen) atoms. The van der Waals surface area contributed by atoms with Gasteiger partial charge in [0.15, 0.2) is 0 Å². The lowest BCUT2D eigenvalue weighted by Gasteiger charge is -2.26. The molecule has 0 bridgehead atoms. The Morgan fingerprint density at radius 2 is 1.67 bits per heavy atom. The van der Waals surface area contributed by atoms with Crippen molar-refractivity contribution in [1.29, 1.82) is 0 Å². The molecule has 1 aliphatic rings. The largest absolute Gasteiger partial charge is 0.457 e. The molecule has 144 valence electrons. The van der Waals surface area contributed by atoms with Gasteiger partial charge in [0.1, 0.15) is 11.5 Å². The summed E-state index contributed by atoms with van der Waals surface area (Å²) in [5.74, 6) is 1.53. The Kier molecular flexibility index (Phi) is 7.65. The molecule has 6 nitrogen and oxygen atoms in total. The summed E-state index contributed by atoms with van der Waals surface area (Å²) in [5, 5.41) is 6.23. The summed E-state index contributed by atoms with van der Waals surface area (Å²) in [4.78, 5) is 14.4. The number of para-hydroxylation sites is 1. The average Bonchev–Trinajstić information content (AvgIpc) is 2.71. The number of carbonyl (C=O) groups is 1. The molecule has 0 unspecified atom stereocenters. The zero-order valence-corrected chi connectivity index (χ0v) is 15.5. The molecular formula is C21H27N3O3. The molecule has 2 aromatic rings. The molecule has 2 aromatic carbocycles. The van der Waals surface area contributed by atoms with Crippen LogP contribution in [-0.4, -0.2) is 56.7 Å². The summed E-state index contributed by atoms with van der Waals surface area (Å²) >= 11 is 0. The Balaban J connectivity index is 1.31.